The first-order valence-electron chi connectivity index (χ1n) is 9.15. The Labute approximate surface area is 158 Å². The second-order valence-corrected chi connectivity index (χ2v) is 6.96. The Bertz CT molecular complexity index is 948. The lowest BCUT2D eigenvalue weighted by Gasteiger charge is -2.35. The first kappa shape index (κ1) is 17.9. The fraction of sp³-hybridized carbons (Fsp3) is 0.400. The molecule has 1 atom stereocenters. The number of morpholine rings is 1. The lowest BCUT2D eigenvalue weighted by Crippen LogP contribution is -2.40. The molecule has 3 aromatic rings. The van der Waals surface area contributed by atoms with Gasteiger partial charge in [-0.3, -0.25) is 4.90 Å². The van der Waals surface area contributed by atoms with Crippen molar-refractivity contribution in [1.29, 1.82) is 0 Å². The van der Waals surface area contributed by atoms with Crippen LogP contribution >= 0.6 is 0 Å². The van der Waals surface area contributed by atoms with Crippen LogP contribution in [0.15, 0.2) is 36.7 Å². The molecule has 0 amide bonds. The number of nitrogens with zero attached hydrogens (tertiary/aromatic N) is 5. The van der Waals surface area contributed by atoms with E-state index in [0.29, 0.717) is 18.9 Å². The summed E-state index contributed by atoms with van der Waals surface area (Å²) in [5.41, 5.74) is 3.41. The van der Waals surface area contributed by atoms with Crippen LogP contribution in [-0.2, 0) is 18.3 Å². The highest BCUT2D eigenvalue weighted by atomic mass is 19.1. The van der Waals surface area contributed by atoms with Gasteiger partial charge in [0.2, 0.25) is 0 Å². The van der Waals surface area contributed by atoms with Crippen molar-refractivity contribution in [3.05, 3.63) is 65.3 Å². The SMILES string of the molecule is Cc1nn(-c2ccccc2F)c(C)c1[C@@H]1COCCN1Cc1nccn1C. The molecule has 1 aromatic carbocycles. The van der Waals surface area contributed by atoms with Crippen LogP contribution in [-0.4, -0.2) is 44.0 Å². The molecule has 0 radical (unpaired) electrons. The second kappa shape index (κ2) is 7.25. The van der Waals surface area contributed by atoms with Gasteiger partial charge >= 0.3 is 0 Å². The molecule has 0 aliphatic carbocycles. The van der Waals surface area contributed by atoms with E-state index in [4.69, 9.17) is 4.74 Å². The fourth-order valence-corrected chi connectivity index (χ4v) is 3.82. The minimum absolute atomic E-state index is 0.0657. The molecule has 3 heterocycles. The van der Waals surface area contributed by atoms with Gasteiger partial charge < -0.3 is 9.30 Å². The van der Waals surface area contributed by atoms with E-state index in [9.17, 15) is 4.39 Å². The number of hydrogen-bond donors (Lipinski definition) is 0. The van der Waals surface area contributed by atoms with Gasteiger partial charge in [0.05, 0.1) is 31.5 Å². The second-order valence-electron chi connectivity index (χ2n) is 6.96. The average Bonchev–Trinajstić information content (AvgIpc) is 3.19. The largest absolute Gasteiger partial charge is 0.378 e. The molecule has 0 spiro atoms. The summed E-state index contributed by atoms with van der Waals surface area (Å²) in [4.78, 5) is 6.83. The zero-order valence-electron chi connectivity index (χ0n) is 15.9. The highest BCUT2D eigenvalue weighted by molar-refractivity contribution is 5.39. The lowest BCUT2D eigenvalue weighted by molar-refractivity contribution is -0.0146. The summed E-state index contributed by atoms with van der Waals surface area (Å²) in [7, 11) is 2.00. The van der Waals surface area contributed by atoms with E-state index in [-0.39, 0.29) is 11.9 Å². The third kappa shape index (κ3) is 3.28. The van der Waals surface area contributed by atoms with Crippen molar-refractivity contribution in [2.45, 2.75) is 26.4 Å². The van der Waals surface area contributed by atoms with Crippen molar-refractivity contribution < 1.29 is 9.13 Å². The highest BCUT2D eigenvalue weighted by Gasteiger charge is 2.31. The molecule has 1 aliphatic rings. The third-order valence-corrected chi connectivity index (χ3v) is 5.27. The highest BCUT2D eigenvalue weighted by Crippen LogP contribution is 2.32. The summed E-state index contributed by atoms with van der Waals surface area (Å²) < 4.78 is 23.8. The summed E-state index contributed by atoms with van der Waals surface area (Å²) >= 11 is 0. The van der Waals surface area contributed by atoms with Gasteiger partial charge in [0.25, 0.3) is 0 Å². The Morgan fingerprint density at radius 1 is 1.26 bits per heavy atom. The topological polar surface area (TPSA) is 48.1 Å². The first-order chi connectivity index (χ1) is 13.1. The smallest absolute Gasteiger partial charge is 0.148 e. The summed E-state index contributed by atoms with van der Waals surface area (Å²) in [6, 6.07) is 6.79. The molecule has 6 nitrogen and oxygen atoms in total. The predicted octanol–water partition coefficient (Wildman–Crippen LogP) is 2.94. The van der Waals surface area contributed by atoms with E-state index >= 15 is 0 Å². The Morgan fingerprint density at radius 2 is 2.07 bits per heavy atom. The van der Waals surface area contributed by atoms with Crippen molar-refractivity contribution >= 4 is 0 Å². The molecule has 142 valence electrons. The van der Waals surface area contributed by atoms with Crippen LogP contribution in [0.4, 0.5) is 4.39 Å². The van der Waals surface area contributed by atoms with Crippen LogP contribution in [0.5, 0.6) is 0 Å². The summed E-state index contributed by atoms with van der Waals surface area (Å²) in [6.07, 6.45) is 3.77. The molecule has 4 rings (SSSR count). The third-order valence-electron chi connectivity index (χ3n) is 5.27. The van der Waals surface area contributed by atoms with Gasteiger partial charge in [-0.2, -0.15) is 5.10 Å². The van der Waals surface area contributed by atoms with E-state index < -0.39 is 0 Å². The monoisotopic (exact) mass is 369 g/mol. The van der Waals surface area contributed by atoms with Crippen molar-refractivity contribution in [3.63, 3.8) is 0 Å². The standard InChI is InChI=1S/C20H24FN5O/c1-14-20(15(2)26(23-14)17-7-5-4-6-16(17)21)18-13-27-11-10-25(18)12-19-22-8-9-24(19)3/h4-9,18H,10-13H2,1-3H3/t18-/m0/s1. The molecular formula is C20H24FN5O. The number of para-hydroxylation sites is 1. The van der Waals surface area contributed by atoms with Gasteiger partial charge in [0.1, 0.15) is 17.3 Å². The normalized spacial score (nSPS) is 18.1. The zero-order valence-corrected chi connectivity index (χ0v) is 15.9. The number of rotatable bonds is 4. The Morgan fingerprint density at radius 3 is 2.81 bits per heavy atom. The van der Waals surface area contributed by atoms with E-state index in [2.05, 4.69) is 15.0 Å². The summed E-state index contributed by atoms with van der Waals surface area (Å²) in [6.45, 7) is 6.82. The maximum atomic E-state index is 14.3. The average molecular weight is 369 g/mol. The Kier molecular flexibility index (Phi) is 4.80. The predicted molar refractivity (Wildman–Crippen MR) is 100 cm³/mol. The van der Waals surface area contributed by atoms with E-state index in [1.807, 2.05) is 43.9 Å². The molecule has 0 saturated carbocycles. The first-order valence-corrected chi connectivity index (χ1v) is 9.15. The van der Waals surface area contributed by atoms with Gasteiger partial charge in [-0.15, -0.1) is 0 Å². The van der Waals surface area contributed by atoms with Crippen LogP contribution in [0, 0.1) is 19.7 Å². The number of aryl methyl sites for hydroxylation is 2. The molecular weight excluding hydrogens is 345 g/mol. The molecule has 7 heteroatoms. The van der Waals surface area contributed by atoms with Gasteiger partial charge in [-0.05, 0) is 26.0 Å². The molecule has 1 fully saturated rings. The van der Waals surface area contributed by atoms with Crippen LogP contribution in [0.25, 0.3) is 5.69 Å². The van der Waals surface area contributed by atoms with Gasteiger partial charge in [-0.1, -0.05) is 12.1 Å². The van der Waals surface area contributed by atoms with Gasteiger partial charge in [0.15, 0.2) is 0 Å². The van der Waals surface area contributed by atoms with Crippen molar-refractivity contribution in [2.24, 2.45) is 7.05 Å². The number of hydrogen-bond acceptors (Lipinski definition) is 4. The Balaban J connectivity index is 1.71. The molecule has 0 bridgehead atoms. The number of halogens is 1. The van der Waals surface area contributed by atoms with Crippen molar-refractivity contribution in [2.75, 3.05) is 19.8 Å². The molecule has 1 aliphatic heterocycles. The molecule has 1 saturated heterocycles. The van der Waals surface area contributed by atoms with Crippen LogP contribution in [0.3, 0.4) is 0 Å². The number of benzene rings is 1. The maximum absolute atomic E-state index is 14.3. The van der Waals surface area contributed by atoms with E-state index in [1.54, 1.807) is 16.8 Å². The fourth-order valence-electron chi connectivity index (χ4n) is 3.82. The molecule has 0 unspecified atom stereocenters. The quantitative estimate of drug-likeness (QED) is 0.710. The molecule has 0 N–H and O–H groups in total. The van der Waals surface area contributed by atoms with Crippen molar-refractivity contribution in [1.82, 2.24) is 24.2 Å². The number of aromatic nitrogens is 4. The Hall–Kier alpha value is -2.51. The van der Waals surface area contributed by atoms with Crippen molar-refractivity contribution in [3.8, 4) is 5.69 Å². The summed E-state index contributed by atoms with van der Waals surface area (Å²) in [5.74, 6) is 0.734. The minimum Gasteiger partial charge on any atom is -0.378 e. The molecule has 2 aromatic heterocycles. The van der Waals surface area contributed by atoms with E-state index in [1.165, 1.54) is 6.07 Å². The summed E-state index contributed by atoms with van der Waals surface area (Å²) in [5, 5.41) is 4.64. The number of imidazole rings is 1. The van der Waals surface area contributed by atoms with Crippen LogP contribution in [0.2, 0.25) is 0 Å². The zero-order chi connectivity index (χ0) is 19.0. The van der Waals surface area contributed by atoms with Gasteiger partial charge in [0, 0.05) is 37.2 Å². The number of ether oxygens (including phenoxy) is 1. The maximum Gasteiger partial charge on any atom is 0.148 e. The van der Waals surface area contributed by atoms with Crippen LogP contribution in [0.1, 0.15) is 28.8 Å². The van der Waals surface area contributed by atoms with Gasteiger partial charge in [-0.25, -0.2) is 14.1 Å². The lowest BCUT2D eigenvalue weighted by atomic mass is 10.0. The van der Waals surface area contributed by atoms with E-state index in [0.717, 1.165) is 35.9 Å². The van der Waals surface area contributed by atoms with Crippen LogP contribution < -0.4 is 0 Å². The minimum atomic E-state index is -0.278. The molecule has 27 heavy (non-hydrogen) atoms.